The molecule has 0 radical (unpaired) electrons. The SMILES string of the molecule is CCCCCCCCCCCCCCCC(=O)OCCN(C[C@H]1OC(O)[C@H](O)[C@@H](O)[C@H]1O)C(=O)CCCCCCCCCCCCCCC. The van der Waals surface area contributed by atoms with Crippen molar-refractivity contribution in [1.82, 2.24) is 4.90 Å². The third-order valence-corrected chi connectivity index (χ3v) is 10.0. The Morgan fingerprint density at radius 2 is 0.918 bits per heavy atom. The van der Waals surface area contributed by atoms with Crippen molar-refractivity contribution in [2.75, 3.05) is 19.7 Å². The molecule has 0 saturated carbocycles. The number of nitrogens with zero attached hydrogens (tertiary/aromatic N) is 1. The second-order valence-corrected chi connectivity index (χ2v) is 14.6. The summed E-state index contributed by atoms with van der Waals surface area (Å²) in [7, 11) is 0. The Balaban J connectivity index is 2.30. The highest BCUT2D eigenvalue weighted by Gasteiger charge is 2.43. The van der Waals surface area contributed by atoms with Gasteiger partial charge in [0.25, 0.3) is 0 Å². The predicted molar refractivity (Wildman–Crippen MR) is 197 cm³/mol. The lowest BCUT2D eigenvalue weighted by atomic mass is 9.98. The first kappa shape index (κ1) is 45.8. The van der Waals surface area contributed by atoms with Gasteiger partial charge < -0.3 is 34.8 Å². The summed E-state index contributed by atoms with van der Waals surface area (Å²) >= 11 is 0. The van der Waals surface area contributed by atoms with Crippen LogP contribution in [-0.2, 0) is 19.1 Å². The average Bonchev–Trinajstić information content (AvgIpc) is 3.09. The molecule has 1 saturated heterocycles. The summed E-state index contributed by atoms with van der Waals surface area (Å²) in [6.45, 7) is 4.56. The highest BCUT2D eigenvalue weighted by molar-refractivity contribution is 5.76. The van der Waals surface area contributed by atoms with Crippen LogP contribution in [0.25, 0.3) is 0 Å². The topological polar surface area (TPSA) is 137 Å². The van der Waals surface area contributed by atoms with E-state index >= 15 is 0 Å². The van der Waals surface area contributed by atoms with Gasteiger partial charge in [0, 0.05) is 19.4 Å². The molecule has 0 aliphatic carbocycles. The Bertz CT molecular complexity index is 783. The Kier molecular flexibility index (Phi) is 29.4. The number of hydrogen-bond acceptors (Lipinski definition) is 8. The lowest BCUT2D eigenvalue weighted by Crippen LogP contribution is -2.60. The van der Waals surface area contributed by atoms with Crippen molar-refractivity contribution in [3.05, 3.63) is 0 Å². The molecule has 1 rings (SSSR count). The van der Waals surface area contributed by atoms with E-state index in [-0.39, 0.29) is 31.6 Å². The van der Waals surface area contributed by atoms with Crippen LogP contribution >= 0.6 is 0 Å². The van der Waals surface area contributed by atoms with E-state index in [1.54, 1.807) is 0 Å². The van der Waals surface area contributed by atoms with E-state index in [4.69, 9.17) is 9.47 Å². The second kappa shape index (κ2) is 31.5. The van der Waals surface area contributed by atoms with Gasteiger partial charge in [0.05, 0.1) is 6.54 Å². The minimum absolute atomic E-state index is 0.0260. The summed E-state index contributed by atoms with van der Waals surface area (Å²) in [5.74, 6) is -0.434. The number of amides is 1. The Morgan fingerprint density at radius 1 is 0.531 bits per heavy atom. The van der Waals surface area contributed by atoms with Gasteiger partial charge in [-0.1, -0.05) is 168 Å². The first-order valence-corrected chi connectivity index (χ1v) is 20.6. The second-order valence-electron chi connectivity index (χ2n) is 14.6. The van der Waals surface area contributed by atoms with Crippen molar-refractivity contribution in [1.29, 1.82) is 0 Å². The third-order valence-electron chi connectivity index (χ3n) is 10.0. The molecule has 9 nitrogen and oxygen atoms in total. The van der Waals surface area contributed by atoms with E-state index in [9.17, 15) is 30.0 Å². The molecule has 1 aliphatic rings. The molecule has 1 fully saturated rings. The summed E-state index contributed by atoms with van der Waals surface area (Å²) in [5.41, 5.74) is 0. The molecule has 290 valence electrons. The van der Waals surface area contributed by atoms with Crippen molar-refractivity contribution >= 4 is 11.9 Å². The maximum atomic E-state index is 13.2. The summed E-state index contributed by atoms with van der Waals surface area (Å²) in [5, 5.41) is 40.4. The van der Waals surface area contributed by atoms with Gasteiger partial charge in [-0.05, 0) is 12.8 Å². The van der Waals surface area contributed by atoms with Crippen LogP contribution in [0.5, 0.6) is 0 Å². The van der Waals surface area contributed by atoms with Crippen molar-refractivity contribution in [2.45, 2.75) is 224 Å². The van der Waals surface area contributed by atoms with Gasteiger partial charge in [0.2, 0.25) is 5.91 Å². The number of aliphatic hydroxyl groups excluding tert-OH is 4. The summed E-state index contributed by atoms with van der Waals surface area (Å²) in [6, 6.07) is 0. The molecule has 4 N–H and O–H groups in total. The van der Waals surface area contributed by atoms with Crippen LogP contribution in [0.15, 0.2) is 0 Å². The van der Waals surface area contributed by atoms with E-state index in [1.807, 2.05) is 0 Å². The minimum Gasteiger partial charge on any atom is -0.464 e. The van der Waals surface area contributed by atoms with Crippen molar-refractivity contribution in [3.63, 3.8) is 0 Å². The molecule has 0 aromatic carbocycles. The summed E-state index contributed by atoms with van der Waals surface area (Å²) < 4.78 is 10.8. The normalized spacial score (nSPS) is 20.8. The van der Waals surface area contributed by atoms with Crippen LogP contribution in [0.3, 0.4) is 0 Å². The minimum atomic E-state index is -1.67. The van der Waals surface area contributed by atoms with Crippen LogP contribution in [0.2, 0.25) is 0 Å². The number of hydrogen-bond donors (Lipinski definition) is 4. The molecule has 0 spiro atoms. The molecule has 1 aliphatic heterocycles. The molecule has 1 unspecified atom stereocenters. The van der Waals surface area contributed by atoms with Crippen LogP contribution in [0.4, 0.5) is 0 Å². The lowest BCUT2D eigenvalue weighted by molar-refractivity contribution is -0.283. The maximum absolute atomic E-state index is 13.2. The van der Waals surface area contributed by atoms with Gasteiger partial charge in [0.1, 0.15) is 31.0 Å². The first-order chi connectivity index (χ1) is 23.8. The number of rotatable bonds is 33. The molecule has 5 atom stereocenters. The Morgan fingerprint density at radius 3 is 1.35 bits per heavy atom. The fraction of sp³-hybridized carbons (Fsp3) is 0.950. The molecule has 0 aromatic heterocycles. The van der Waals surface area contributed by atoms with Gasteiger partial charge in [-0.2, -0.15) is 0 Å². The van der Waals surface area contributed by atoms with E-state index in [0.29, 0.717) is 12.8 Å². The zero-order chi connectivity index (χ0) is 36.0. The fourth-order valence-corrected chi connectivity index (χ4v) is 6.70. The molecule has 0 bridgehead atoms. The largest absolute Gasteiger partial charge is 0.464 e. The highest BCUT2D eigenvalue weighted by Crippen LogP contribution is 2.22. The molecular formula is C40H77NO8. The van der Waals surface area contributed by atoms with E-state index < -0.39 is 30.7 Å². The predicted octanol–water partition coefficient (Wildman–Crippen LogP) is 8.12. The number of ether oxygens (including phenoxy) is 2. The van der Waals surface area contributed by atoms with Gasteiger partial charge in [-0.3, -0.25) is 9.59 Å². The molecule has 0 aromatic rings. The number of carbonyl (C=O) groups excluding carboxylic acids is 2. The first-order valence-electron chi connectivity index (χ1n) is 20.6. The van der Waals surface area contributed by atoms with Gasteiger partial charge in [-0.15, -0.1) is 0 Å². The molecule has 1 amide bonds. The van der Waals surface area contributed by atoms with Crippen LogP contribution in [-0.4, -0.2) is 87.6 Å². The van der Waals surface area contributed by atoms with E-state index in [0.717, 1.165) is 38.5 Å². The maximum Gasteiger partial charge on any atom is 0.305 e. The number of carbonyl (C=O) groups is 2. The lowest BCUT2D eigenvalue weighted by Gasteiger charge is -2.40. The quantitative estimate of drug-likeness (QED) is 0.0398. The van der Waals surface area contributed by atoms with Crippen LogP contribution in [0.1, 0.15) is 194 Å². The summed E-state index contributed by atoms with van der Waals surface area (Å²) in [4.78, 5) is 27.1. The third kappa shape index (κ3) is 23.8. The smallest absolute Gasteiger partial charge is 0.305 e. The molecule has 49 heavy (non-hydrogen) atoms. The molecule has 1 heterocycles. The zero-order valence-corrected chi connectivity index (χ0v) is 31.7. The number of aliphatic hydroxyl groups is 4. The Labute approximate surface area is 299 Å². The van der Waals surface area contributed by atoms with Gasteiger partial charge in [0.15, 0.2) is 6.29 Å². The van der Waals surface area contributed by atoms with Gasteiger partial charge >= 0.3 is 5.97 Å². The Hall–Kier alpha value is -1.26. The summed E-state index contributed by atoms with van der Waals surface area (Å²) in [6.07, 6.45) is 25.1. The zero-order valence-electron chi connectivity index (χ0n) is 31.7. The fourth-order valence-electron chi connectivity index (χ4n) is 6.70. The average molecular weight is 700 g/mol. The van der Waals surface area contributed by atoms with E-state index in [2.05, 4.69) is 13.8 Å². The monoisotopic (exact) mass is 700 g/mol. The highest BCUT2D eigenvalue weighted by atomic mass is 16.6. The van der Waals surface area contributed by atoms with E-state index in [1.165, 1.54) is 133 Å². The van der Waals surface area contributed by atoms with Crippen molar-refractivity contribution in [2.24, 2.45) is 0 Å². The number of esters is 1. The molecule has 9 heteroatoms. The van der Waals surface area contributed by atoms with Gasteiger partial charge in [-0.25, -0.2) is 0 Å². The standard InChI is InChI=1S/C40H77NO8/c1-3-5-7-9-11-13-15-17-19-21-23-25-27-29-35(42)41(33-34-37(44)38(45)39(46)40(47)49-34)31-32-48-36(43)30-28-26-24-22-20-18-16-14-12-10-8-6-4-2/h34,37-40,44-47H,3-33H2,1-2H3/t34-,37+,38+,39-,40?/m1/s1. The number of unbranched alkanes of at least 4 members (excludes halogenated alkanes) is 24. The molecular weight excluding hydrogens is 622 g/mol. The van der Waals surface area contributed by atoms with Crippen molar-refractivity contribution < 1.29 is 39.5 Å². The van der Waals surface area contributed by atoms with Crippen LogP contribution < -0.4 is 0 Å². The van der Waals surface area contributed by atoms with Crippen molar-refractivity contribution in [3.8, 4) is 0 Å². The van der Waals surface area contributed by atoms with Crippen LogP contribution in [0, 0.1) is 0 Å².